The van der Waals surface area contributed by atoms with Gasteiger partial charge in [-0.15, -0.1) is 11.3 Å². The fourth-order valence-electron chi connectivity index (χ4n) is 3.23. The molecule has 5 nitrogen and oxygen atoms in total. The number of benzene rings is 1. The molecule has 132 valence electrons. The van der Waals surface area contributed by atoms with E-state index < -0.39 is 0 Å². The number of hydrogen-bond acceptors (Lipinski definition) is 4. The van der Waals surface area contributed by atoms with Gasteiger partial charge in [0.25, 0.3) is 5.91 Å². The molecule has 0 aliphatic carbocycles. The molecule has 1 aromatic heterocycles. The fourth-order valence-corrected chi connectivity index (χ4v) is 4.14. The number of aromatic nitrogens is 1. The summed E-state index contributed by atoms with van der Waals surface area (Å²) < 4.78 is 0. The van der Waals surface area contributed by atoms with E-state index in [-0.39, 0.29) is 29.2 Å². The first-order valence-electron chi connectivity index (χ1n) is 8.38. The molecule has 0 radical (unpaired) electrons. The molecule has 3 rings (SSSR count). The smallest absolute Gasteiger partial charge is 0.270 e. The second-order valence-corrected chi connectivity index (χ2v) is 8.58. The molecule has 0 spiro atoms. The Labute approximate surface area is 151 Å². The van der Waals surface area contributed by atoms with Crippen molar-refractivity contribution in [2.24, 2.45) is 5.73 Å². The average Bonchev–Trinajstić information content (AvgIpc) is 3.03. The van der Waals surface area contributed by atoms with Crippen LogP contribution in [0.25, 0.3) is 0 Å². The summed E-state index contributed by atoms with van der Waals surface area (Å²) in [5.74, 6) is -0.781. The molecule has 2 aromatic rings. The number of carbonyl (C=O) groups is 2. The summed E-state index contributed by atoms with van der Waals surface area (Å²) in [5.41, 5.74) is 7.07. The van der Waals surface area contributed by atoms with E-state index in [1.807, 2.05) is 31.2 Å². The molecule has 0 saturated carbocycles. The first-order valence-corrected chi connectivity index (χ1v) is 9.20. The van der Waals surface area contributed by atoms with E-state index in [4.69, 9.17) is 5.73 Å². The van der Waals surface area contributed by atoms with Crippen LogP contribution in [0, 0.1) is 0 Å². The zero-order valence-electron chi connectivity index (χ0n) is 14.9. The van der Waals surface area contributed by atoms with Crippen LogP contribution in [-0.4, -0.2) is 22.8 Å². The van der Waals surface area contributed by atoms with Gasteiger partial charge in [-0.2, -0.15) is 0 Å². The lowest BCUT2D eigenvalue weighted by Crippen LogP contribution is -2.45. The van der Waals surface area contributed by atoms with Crippen LogP contribution in [0.2, 0.25) is 0 Å². The van der Waals surface area contributed by atoms with Gasteiger partial charge in [-0.1, -0.05) is 39.0 Å². The third-order valence-corrected chi connectivity index (χ3v) is 5.92. The molecule has 2 N–H and O–H groups in total. The molecule has 6 heteroatoms. The molecule has 1 aliphatic heterocycles. The number of nitrogens with two attached hydrogens (primary N) is 1. The maximum absolute atomic E-state index is 13.2. The van der Waals surface area contributed by atoms with Crippen molar-refractivity contribution in [2.75, 3.05) is 4.90 Å². The van der Waals surface area contributed by atoms with Crippen LogP contribution in [-0.2, 0) is 10.2 Å². The second kappa shape index (κ2) is 6.26. The Hall–Kier alpha value is -2.21. The van der Waals surface area contributed by atoms with Gasteiger partial charge in [0.2, 0.25) is 5.91 Å². The Morgan fingerprint density at radius 3 is 2.56 bits per heavy atom. The highest BCUT2D eigenvalue weighted by Crippen LogP contribution is 2.39. The molecule has 0 bridgehead atoms. The number of primary amides is 1. The molecule has 1 aromatic carbocycles. The lowest BCUT2D eigenvalue weighted by atomic mass is 9.85. The van der Waals surface area contributed by atoms with E-state index in [9.17, 15) is 9.59 Å². The van der Waals surface area contributed by atoms with E-state index in [0.29, 0.717) is 11.3 Å². The van der Waals surface area contributed by atoms with Gasteiger partial charge < -0.3 is 10.6 Å². The zero-order chi connectivity index (χ0) is 18.4. The van der Waals surface area contributed by atoms with Crippen molar-refractivity contribution in [2.45, 2.75) is 51.5 Å². The van der Waals surface area contributed by atoms with E-state index >= 15 is 0 Å². The summed E-state index contributed by atoms with van der Waals surface area (Å²) in [4.78, 5) is 31.8. The Morgan fingerprint density at radius 2 is 1.96 bits per heavy atom. The monoisotopic (exact) mass is 357 g/mol. The van der Waals surface area contributed by atoms with Crippen molar-refractivity contribution < 1.29 is 9.59 Å². The first kappa shape index (κ1) is 17.6. The fraction of sp³-hybridized carbons (Fsp3) is 0.421. The van der Waals surface area contributed by atoms with E-state index in [1.54, 1.807) is 11.1 Å². The number of para-hydroxylation sites is 1. The summed E-state index contributed by atoms with van der Waals surface area (Å²) in [6.45, 7) is 8.19. The maximum Gasteiger partial charge on any atom is 0.270 e. The minimum absolute atomic E-state index is 0.0733. The second-order valence-electron chi connectivity index (χ2n) is 7.55. The van der Waals surface area contributed by atoms with Gasteiger partial charge in [-0.25, -0.2) is 4.98 Å². The summed E-state index contributed by atoms with van der Waals surface area (Å²) in [7, 11) is 0. The third-order valence-electron chi connectivity index (χ3n) is 4.51. The van der Waals surface area contributed by atoms with Gasteiger partial charge in [0.1, 0.15) is 4.88 Å². The molecule has 25 heavy (non-hydrogen) atoms. The number of amides is 2. The van der Waals surface area contributed by atoms with E-state index in [2.05, 4.69) is 25.8 Å². The molecule has 0 saturated heterocycles. The number of rotatable bonds is 2. The van der Waals surface area contributed by atoms with Crippen LogP contribution in [0.3, 0.4) is 0 Å². The van der Waals surface area contributed by atoms with Crippen LogP contribution < -0.4 is 10.6 Å². The van der Waals surface area contributed by atoms with Crippen LogP contribution >= 0.6 is 11.3 Å². The van der Waals surface area contributed by atoms with E-state index in [0.717, 1.165) is 16.3 Å². The van der Waals surface area contributed by atoms with Crippen LogP contribution in [0.15, 0.2) is 30.5 Å². The highest BCUT2D eigenvalue weighted by molar-refractivity contribution is 7.13. The molecular formula is C19H23N3O2S. The maximum atomic E-state index is 13.2. The van der Waals surface area contributed by atoms with Crippen LogP contribution in [0.1, 0.15) is 60.3 Å². The normalized spacial score (nSPS) is 20.2. The Kier molecular flexibility index (Phi) is 4.41. The molecule has 0 unspecified atom stereocenters. The largest absolute Gasteiger partial charge is 0.369 e. The Bertz CT molecular complexity index is 822. The number of carbonyl (C=O) groups excluding carboxylic acids is 2. The number of anilines is 1. The van der Waals surface area contributed by atoms with Gasteiger partial charge in [0, 0.05) is 17.1 Å². The molecule has 2 atom stereocenters. The molecule has 2 amide bonds. The van der Waals surface area contributed by atoms with Crippen molar-refractivity contribution in [3.05, 3.63) is 45.9 Å². The SMILES string of the molecule is C[C@H]1C[C@@H](C(N)=O)c2ccccc2N1C(=O)c1cnc(C(C)(C)C)s1. The van der Waals surface area contributed by atoms with E-state index in [1.165, 1.54) is 11.3 Å². The topological polar surface area (TPSA) is 76.3 Å². The quantitative estimate of drug-likeness (QED) is 0.894. The Balaban J connectivity index is 2.01. The van der Waals surface area contributed by atoms with Gasteiger partial charge >= 0.3 is 0 Å². The number of thiazole rings is 1. The van der Waals surface area contributed by atoms with Crippen molar-refractivity contribution in [3.8, 4) is 0 Å². The third kappa shape index (κ3) is 3.18. The standard InChI is InChI=1S/C19H23N3O2S/c1-11-9-13(16(20)23)12-7-5-6-8-14(12)22(11)17(24)15-10-21-18(25-15)19(2,3)4/h5-8,10-11,13H,9H2,1-4H3,(H2,20,23)/t11-,13+/m0/s1. The van der Waals surface area contributed by atoms with Gasteiger partial charge in [-0.05, 0) is 25.0 Å². The number of fused-ring (bicyclic) bond motifs is 1. The van der Waals surface area contributed by atoms with Gasteiger partial charge in [0.05, 0.1) is 17.1 Å². The van der Waals surface area contributed by atoms with Crippen LogP contribution in [0.5, 0.6) is 0 Å². The minimum atomic E-state index is -0.359. The number of nitrogens with zero attached hydrogens (tertiary/aromatic N) is 2. The molecule has 1 aliphatic rings. The highest BCUT2D eigenvalue weighted by atomic mass is 32.1. The summed E-state index contributed by atoms with van der Waals surface area (Å²) >= 11 is 1.43. The first-order chi connectivity index (χ1) is 11.7. The van der Waals surface area contributed by atoms with Crippen molar-refractivity contribution in [3.63, 3.8) is 0 Å². The van der Waals surface area contributed by atoms with Crippen molar-refractivity contribution in [1.82, 2.24) is 4.98 Å². The minimum Gasteiger partial charge on any atom is -0.369 e. The summed E-state index contributed by atoms with van der Waals surface area (Å²) in [6, 6.07) is 7.40. The Morgan fingerprint density at radius 1 is 1.28 bits per heavy atom. The van der Waals surface area contributed by atoms with Crippen LogP contribution in [0.4, 0.5) is 5.69 Å². The summed E-state index contributed by atoms with van der Waals surface area (Å²) in [6.07, 6.45) is 2.19. The lowest BCUT2D eigenvalue weighted by molar-refractivity contribution is -0.119. The molecule has 2 heterocycles. The van der Waals surface area contributed by atoms with Crippen molar-refractivity contribution >= 4 is 28.8 Å². The predicted molar refractivity (Wildman–Crippen MR) is 100 cm³/mol. The number of hydrogen-bond donors (Lipinski definition) is 1. The zero-order valence-corrected chi connectivity index (χ0v) is 15.8. The average molecular weight is 357 g/mol. The van der Waals surface area contributed by atoms with Crippen molar-refractivity contribution in [1.29, 1.82) is 0 Å². The summed E-state index contributed by atoms with van der Waals surface area (Å²) in [5, 5.41) is 0.934. The molecular weight excluding hydrogens is 334 g/mol. The highest BCUT2D eigenvalue weighted by Gasteiger charge is 2.37. The lowest BCUT2D eigenvalue weighted by Gasteiger charge is -2.38. The predicted octanol–water partition coefficient (Wildman–Crippen LogP) is 3.45. The molecule has 0 fully saturated rings. The van der Waals surface area contributed by atoms with Gasteiger partial charge in [-0.3, -0.25) is 9.59 Å². The van der Waals surface area contributed by atoms with Gasteiger partial charge in [0.15, 0.2) is 0 Å².